The zero-order valence-electron chi connectivity index (χ0n) is 14.2. The van der Waals surface area contributed by atoms with Crippen molar-refractivity contribution >= 4 is 11.8 Å². The number of nitrogens with zero attached hydrogens (tertiary/aromatic N) is 2. The number of hydrogen-bond acceptors (Lipinski definition) is 3. The zero-order valence-corrected chi connectivity index (χ0v) is 14.2. The second-order valence-electron chi connectivity index (χ2n) is 7.06. The van der Waals surface area contributed by atoms with Gasteiger partial charge in [-0.15, -0.1) is 0 Å². The van der Waals surface area contributed by atoms with E-state index in [9.17, 15) is 14.4 Å². The Morgan fingerprint density at radius 3 is 2.38 bits per heavy atom. The molecule has 0 bridgehead atoms. The maximum absolute atomic E-state index is 12.6. The van der Waals surface area contributed by atoms with Crippen LogP contribution in [0.3, 0.4) is 0 Å². The van der Waals surface area contributed by atoms with Crippen LogP contribution in [-0.4, -0.2) is 57.8 Å². The molecular weight excluding hydrogens is 308 g/mol. The number of imidazole rings is 1. The van der Waals surface area contributed by atoms with Crippen LogP contribution in [0.2, 0.25) is 0 Å². The zero-order chi connectivity index (χ0) is 17.1. The molecule has 0 radical (unpaired) electrons. The van der Waals surface area contributed by atoms with Gasteiger partial charge in [0.05, 0.1) is 0 Å². The summed E-state index contributed by atoms with van der Waals surface area (Å²) in [6, 6.07) is 0. The van der Waals surface area contributed by atoms with E-state index in [4.69, 9.17) is 0 Å². The van der Waals surface area contributed by atoms with Gasteiger partial charge < -0.3 is 19.8 Å². The third kappa shape index (κ3) is 3.71. The summed E-state index contributed by atoms with van der Waals surface area (Å²) in [6.07, 6.45) is 7.50. The number of hydrogen-bond donors (Lipinski definition) is 2. The molecule has 1 aliphatic heterocycles. The van der Waals surface area contributed by atoms with Crippen molar-refractivity contribution in [1.82, 2.24) is 19.8 Å². The molecule has 2 aliphatic rings. The average Bonchev–Trinajstić information content (AvgIpc) is 3.25. The fourth-order valence-electron chi connectivity index (χ4n) is 3.91. The van der Waals surface area contributed by atoms with E-state index in [1.807, 2.05) is 11.8 Å². The van der Waals surface area contributed by atoms with Gasteiger partial charge in [0.1, 0.15) is 5.69 Å². The van der Waals surface area contributed by atoms with Gasteiger partial charge in [-0.05, 0) is 12.3 Å². The van der Waals surface area contributed by atoms with E-state index >= 15 is 0 Å². The van der Waals surface area contributed by atoms with E-state index in [1.165, 1.54) is 31.9 Å². The monoisotopic (exact) mass is 334 g/mol. The number of carbonyl (C=O) groups excluding carboxylic acids is 2. The van der Waals surface area contributed by atoms with E-state index < -0.39 is 0 Å². The molecule has 0 aromatic carbocycles. The molecule has 3 rings (SSSR count). The van der Waals surface area contributed by atoms with Crippen molar-refractivity contribution in [3.8, 4) is 0 Å². The van der Waals surface area contributed by atoms with Gasteiger partial charge >= 0.3 is 5.69 Å². The first kappa shape index (κ1) is 16.8. The SMILES string of the molecule is C[C@@H](CC1CCCC1)C(=O)N1CCN(C(=O)c2c[nH]c(=O)[nH]2)CC1. The fourth-order valence-corrected chi connectivity index (χ4v) is 3.91. The van der Waals surface area contributed by atoms with Gasteiger partial charge in [-0.3, -0.25) is 9.59 Å². The minimum atomic E-state index is -0.382. The van der Waals surface area contributed by atoms with Crippen LogP contribution >= 0.6 is 0 Å². The third-order valence-electron chi connectivity index (χ3n) is 5.29. The molecule has 0 unspecified atom stereocenters. The van der Waals surface area contributed by atoms with Crippen molar-refractivity contribution in [3.63, 3.8) is 0 Å². The van der Waals surface area contributed by atoms with Gasteiger partial charge in [0.15, 0.2) is 0 Å². The molecule has 1 aromatic heterocycles. The molecule has 7 nitrogen and oxygen atoms in total. The van der Waals surface area contributed by atoms with Crippen molar-refractivity contribution < 1.29 is 9.59 Å². The van der Waals surface area contributed by atoms with Gasteiger partial charge in [-0.2, -0.15) is 0 Å². The molecule has 1 atom stereocenters. The number of carbonyl (C=O) groups is 2. The summed E-state index contributed by atoms with van der Waals surface area (Å²) in [5, 5.41) is 0. The molecule has 2 N–H and O–H groups in total. The highest BCUT2D eigenvalue weighted by Gasteiger charge is 2.29. The average molecular weight is 334 g/mol. The number of H-pyrrole nitrogens is 2. The Kier molecular flexibility index (Phi) is 5.06. The number of nitrogens with one attached hydrogen (secondary N) is 2. The summed E-state index contributed by atoms with van der Waals surface area (Å²) in [4.78, 5) is 44.5. The first-order valence-corrected chi connectivity index (χ1v) is 8.90. The summed E-state index contributed by atoms with van der Waals surface area (Å²) < 4.78 is 0. The Morgan fingerprint density at radius 2 is 1.79 bits per heavy atom. The number of piperazine rings is 1. The highest BCUT2D eigenvalue weighted by molar-refractivity contribution is 5.92. The standard InChI is InChI=1S/C17H26N4O3/c1-12(10-13-4-2-3-5-13)15(22)20-6-8-21(9-7-20)16(23)14-11-18-17(24)19-14/h11-13H,2-10H2,1H3,(H2,18,19,24)/t12-/m0/s1. The normalized spacial score (nSPS) is 20.4. The smallest absolute Gasteiger partial charge is 0.323 e. The molecule has 1 aliphatic carbocycles. The Morgan fingerprint density at radius 1 is 1.17 bits per heavy atom. The molecule has 2 heterocycles. The second kappa shape index (κ2) is 7.23. The molecule has 7 heteroatoms. The van der Waals surface area contributed by atoms with Gasteiger partial charge in [-0.1, -0.05) is 32.6 Å². The van der Waals surface area contributed by atoms with Crippen LogP contribution in [-0.2, 0) is 4.79 Å². The largest absolute Gasteiger partial charge is 0.339 e. The van der Waals surface area contributed by atoms with Crippen molar-refractivity contribution in [2.75, 3.05) is 26.2 Å². The third-order valence-corrected chi connectivity index (χ3v) is 5.29. The fraction of sp³-hybridized carbons (Fsp3) is 0.706. The predicted octanol–water partition coefficient (Wildman–Crippen LogP) is 1.20. The topological polar surface area (TPSA) is 89.3 Å². The van der Waals surface area contributed by atoms with Crippen molar-refractivity contribution in [2.24, 2.45) is 11.8 Å². The second-order valence-corrected chi connectivity index (χ2v) is 7.06. The molecule has 132 valence electrons. The Labute approximate surface area is 141 Å². The van der Waals surface area contributed by atoms with Crippen LogP contribution in [0.5, 0.6) is 0 Å². The minimum absolute atomic E-state index is 0.0661. The summed E-state index contributed by atoms with van der Waals surface area (Å²) in [5.74, 6) is 0.789. The Bertz CT molecular complexity index is 636. The maximum atomic E-state index is 12.6. The van der Waals surface area contributed by atoms with Crippen LogP contribution in [0.4, 0.5) is 0 Å². The summed E-state index contributed by atoms with van der Waals surface area (Å²) in [6.45, 7) is 4.17. The Balaban J connectivity index is 1.49. The Hall–Kier alpha value is -2.05. The highest BCUT2D eigenvalue weighted by atomic mass is 16.2. The molecule has 1 saturated heterocycles. The van der Waals surface area contributed by atoms with Gasteiger partial charge in [0.25, 0.3) is 5.91 Å². The number of rotatable bonds is 4. The minimum Gasteiger partial charge on any atom is -0.339 e. The predicted molar refractivity (Wildman–Crippen MR) is 89.6 cm³/mol. The molecule has 2 amide bonds. The molecular formula is C17H26N4O3. The van der Waals surface area contributed by atoms with Crippen LogP contribution in [0, 0.1) is 11.8 Å². The number of amides is 2. The van der Waals surface area contributed by atoms with Gasteiger partial charge in [0, 0.05) is 38.3 Å². The number of aromatic amines is 2. The van der Waals surface area contributed by atoms with Crippen LogP contribution < -0.4 is 5.69 Å². The maximum Gasteiger partial charge on any atom is 0.323 e. The van der Waals surface area contributed by atoms with E-state index in [1.54, 1.807) is 4.90 Å². The first-order valence-electron chi connectivity index (χ1n) is 8.90. The lowest BCUT2D eigenvalue weighted by molar-refractivity contribution is -0.137. The van der Waals surface area contributed by atoms with Crippen LogP contribution in [0.25, 0.3) is 0 Å². The lowest BCUT2D eigenvalue weighted by Crippen LogP contribution is -2.52. The molecule has 24 heavy (non-hydrogen) atoms. The van der Waals surface area contributed by atoms with Gasteiger partial charge in [-0.25, -0.2) is 4.79 Å². The van der Waals surface area contributed by atoms with E-state index in [0.717, 1.165) is 6.42 Å². The van der Waals surface area contributed by atoms with Crippen molar-refractivity contribution in [1.29, 1.82) is 0 Å². The first-order chi connectivity index (χ1) is 11.5. The summed E-state index contributed by atoms with van der Waals surface area (Å²) in [7, 11) is 0. The van der Waals surface area contributed by atoms with Crippen LogP contribution in [0.15, 0.2) is 11.0 Å². The summed E-state index contributed by atoms with van der Waals surface area (Å²) >= 11 is 0. The number of aromatic nitrogens is 2. The van der Waals surface area contributed by atoms with Crippen molar-refractivity contribution in [2.45, 2.75) is 39.0 Å². The van der Waals surface area contributed by atoms with Gasteiger partial charge in [0.2, 0.25) is 5.91 Å². The van der Waals surface area contributed by atoms with E-state index in [0.29, 0.717) is 32.1 Å². The summed E-state index contributed by atoms with van der Waals surface area (Å²) in [5.41, 5.74) is -0.109. The van der Waals surface area contributed by atoms with E-state index in [-0.39, 0.29) is 29.1 Å². The quantitative estimate of drug-likeness (QED) is 0.867. The van der Waals surface area contributed by atoms with Crippen molar-refractivity contribution in [3.05, 3.63) is 22.4 Å². The molecule has 1 aromatic rings. The van der Waals surface area contributed by atoms with E-state index in [2.05, 4.69) is 9.97 Å². The molecule has 0 spiro atoms. The molecule has 1 saturated carbocycles. The highest BCUT2D eigenvalue weighted by Crippen LogP contribution is 2.30. The van der Waals surface area contributed by atoms with Crippen LogP contribution in [0.1, 0.15) is 49.5 Å². The lowest BCUT2D eigenvalue weighted by Gasteiger charge is -2.36. The molecule has 2 fully saturated rings. The lowest BCUT2D eigenvalue weighted by atomic mass is 9.93.